The molecule has 0 aliphatic rings. The zero-order valence-electron chi connectivity index (χ0n) is 13.4. The lowest BCUT2D eigenvalue weighted by atomic mass is 10.2. The van der Waals surface area contributed by atoms with Gasteiger partial charge in [-0.2, -0.15) is 20.1 Å². The first kappa shape index (κ1) is 14.7. The van der Waals surface area contributed by atoms with Crippen LogP contribution in [0.4, 0.5) is 11.5 Å². The summed E-state index contributed by atoms with van der Waals surface area (Å²) in [6.45, 7) is 0. The Hall–Kier alpha value is -3.59. The van der Waals surface area contributed by atoms with Gasteiger partial charge >= 0.3 is 0 Å². The molecular weight excluding hydrogens is 348 g/mol. The van der Waals surface area contributed by atoms with Crippen LogP contribution in [-0.4, -0.2) is 35.2 Å². The maximum absolute atomic E-state index is 4.68. The molecule has 0 atom stereocenters. The molecule has 4 aromatic heterocycles. The van der Waals surface area contributed by atoms with Crippen LogP contribution in [0.1, 0.15) is 0 Å². The Bertz CT molecular complexity index is 1160. The largest absolute Gasteiger partial charge is 0.338 e. The Labute approximate surface area is 151 Å². The monoisotopic (exact) mass is 360 g/mol. The van der Waals surface area contributed by atoms with Crippen molar-refractivity contribution in [2.75, 3.05) is 5.32 Å². The highest BCUT2D eigenvalue weighted by atomic mass is 32.1. The molecule has 0 saturated heterocycles. The van der Waals surface area contributed by atoms with E-state index in [0.717, 1.165) is 27.3 Å². The van der Waals surface area contributed by atoms with Crippen LogP contribution in [0.3, 0.4) is 0 Å². The van der Waals surface area contributed by atoms with Crippen molar-refractivity contribution in [3.05, 3.63) is 60.4 Å². The summed E-state index contributed by atoms with van der Waals surface area (Å²) in [5, 5.41) is 20.7. The summed E-state index contributed by atoms with van der Waals surface area (Å²) in [7, 11) is 0. The van der Waals surface area contributed by atoms with Gasteiger partial charge in [0.2, 0.25) is 0 Å². The maximum Gasteiger partial charge on any atom is 0.172 e. The van der Waals surface area contributed by atoms with Gasteiger partial charge in [-0.3, -0.25) is 5.10 Å². The summed E-state index contributed by atoms with van der Waals surface area (Å²) >= 11 is 1.60. The van der Waals surface area contributed by atoms with Crippen molar-refractivity contribution in [2.45, 2.75) is 0 Å². The van der Waals surface area contributed by atoms with Gasteiger partial charge in [0, 0.05) is 5.69 Å². The lowest BCUT2D eigenvalue weighted by Gasteiger charge is -2.09. The highest BCUT2D eigenvalue weighted by molar-refractivity contribution is 7.13. The van der Waals surface area contributed by atoms with Gasteiger partial charge in [0.1, 0.15) is 11.0 Å². The lowest BCUT2D eigenvalue weighted by molar-refractivity contribution is 0.752. The molecule has 8 nitrogen and oxygen atoms in total. The number of nitrogens with zero attached hydrogens (tertiary/aromatic N) is 6. The molecule has 126 valence electrons. The molecule has 0 bridgehead atoms. The summed E-state index contributed by atoms with van der Waals surface area (Å²) in [4.78, 5) is 11.8. The molecule has 0 radical (unpaired) electrons. The van der Waals surface area contributed by atoms with Crippen molar-refractivity contribution in [3.8, 4) is 16.4 Å². The predicted molar refractivity (Wildman–Crippen MR) is 99.6 cm³/mol. The van der Waals surface area contributed by atoms with Gasteiger partial charge in [0.05, 0.1) is 29.2 Å². The van der Waals surface area contributed by atoms with Crippen LogP contribution in [0.25, 0.3) is 27.4 Å². The lowest BCUT2D eigenvalue weighted by Crippen LogP contribution is -2.01. The fourth-order valence-corrected chi connectivity index (χ4v) is 3.30. The number of fused-ring (bicyclic) bond motifs is 1. The summed E-state index contributed by atoms with van der Waals surface area (Å²) in [6, 6.07) is 11.8. The molecule has 5 rings (SSSR count). The van der Waals surface area contributed by atoms with Gasteiger partial charge < -0.3 is 5.32 Å². The molecule has 0 aliphatic carbocycles. The Morgan fingerprint density at radius 2 is 1.96 bits per heavy atom. The number of thiophene rings is 1. The van der Waals surface area contributed by atoms with Crippen LogP contribution in [0.15, 0.2) is 60.4 Å². The van der Waals surface area contributed by atoms with E-state index in [9.17, 15) is 0 Å². The molecule has 0 spiro atoms. The second-order valence-electron chi connectivity index (χ2n) is 5.50. The van der Waals surface area contributed by atoms with E-state index in [1.807, 2.05) is 41.8 Å². The van der Waals surface area contributed by atoms with Gasteiger partial charge in [-0.15, -0.1) is 11.3 Å². The van der Waals surface area contributed by atoms with Crippen molar-refractivity contribution in [1.29, 1.82) is 0 Å². The highest BCUT2D eigenvalue weighted by Gasteiger charge is 2.12. The van der Waals surface area contributed by atoms with Crippen molar-refractivity contribution < 1.29 is 0 Å². The molecule has 2 N–H and O–H groups in total. The molecule has 4 heterocycles. The fourth-order valence-electron chi connectivity index (χ4n) is 2.64. The molecule has 0 saturated carbocycles. The van der Waals surface area contributed by atoms with E-state index in [4.69, 9.17) is 0 Å². The van der Waals surface area contributed by atoms with Crippen molar-refractivity contribution in [2.24, 2.45) is 0 Å². The first-order chi connectivity index (χ1) is 12.9. The van der Waals surface area contributed by atoms with Crippen molar-refractivity contribution in [3.63, 3.8) is 0 Å². The van der Waals surface area contributed by atoms with Gasteiger partial charge in [-0.05, 0) is 29.6 Å². The molecule has 9 heteroatoms. The third-order valence-corrected chi connectivity index (χ3v) is 4.67. The zero-order chi connectivity index (χ0) is 17.3. The van der Waals surface area contributed by atoms with Crippen LogP contribution >= 0.6 is 11.3 Å². The van der Waals surface area contributed by atoms with E-state index >= 15 is 0 Å². The third kappa shape index (κ3) is 2.60. The zero-order valence-corrected chi connectivity index (χ0v) is 14.2. The average molecular weight is 360 g/mol. The first-order valence-corrected chi connectivity index (χ1v) is 8.73. The summed E-state index contributed by atoms with van der Waals surface area (Å²) < 4.78 is 0. The van der Waals surface area contributed by atoms with Crippen molar-refractivity contribution >= 4 is 33.9 Å². The van der Waals surface area contributed by atoms with Crippen LogP contribution in [0.2, 0.25) is 0 Å². The normalized spacial score (nSPS) is 11.1. The molecule has 0 amide bonds. The number of hydrogen-bond acceptors (Lipinski definition) is 7. The maximum atomic E-state index is 4.68. The number of anilines is 2. The molecule has 26 heavy (non-hydrogen) atoms. The standard InChI is InChI=1S/C17H12N8S/c1-3-11(9-12(4-1)25-19-6-7-20-25)21-17-15-13(10-18-24-15)22-16(23-17)14-5-2-8-26-14/h1-10H,(H,18,24)(H,21,22,23). The number of benzene rings is 1. The smallest absolute Gasteiger partial charge is 0.172 e. The second-order valence-corrected chi connectivity index (χ2v) is 6.44. The highest BCUT2D eigenvalue weighted by Crippen LogP contribution is 2.28. The summed E-state index contributed by atoms with van der Waals surface area (Å²) in [6.07, 6.45) is 4.99. The Morgan fingerprint density at radius 1 is 1.04 bits per heavy atom. The molecule has 0 fully saturated rings. The molecule has 0 unspecified atom stereocenters. The predicted octanol–water partition coefficient (Wildman–Crippen LogP) is 3.41. The molecule has 5 aromatic rings. The quantitative estimate of drug-likeness (QED) is 0.510. The number of rotatable bonds is 4. The van der Waals surface area contributed by atoms with Crippen LogP contribution in [0, 0.1) is 0 Å². The van der Waals surface area contributed by atoms with E-state index in [1.165, 1.54) is 0 Å². The van der Waals surface area contributed by atoms with E-state index in [2.05, 4.69) is 35.7 Å². The fraction of sp³-hybridized carbons (Fsp3) is 0. The van der Waals surface area contributed by atoms with Crippen LogP contribution in [-0.2, 0) is 0 Å². The number of nitrogens with one attached hydrogen (secondary N) is 2. The van der Waals surface area contributed by atoms with Gasteiger partial charge in [0.15, 0.2) is 11.6 Å². The average Bonchev–Trinajstić information content (AvgIpc) is 3.43. The van der Waals surface area contributed by atoms with Crippen LogP contribution in [0.5, 0.6) is 0 Å². The second kappa shape index (κ2) is 6.05. The molecular formula is C17H12N8S. The summed E-state index contributed by atoms with van der Waals surface area (Å²) in [5.41, 5.74) is 3.24. The van der Waals surface area contributed by atoms with Gasteiger partial charge in [-0.25, -0.2) is 9.97 Å². The number of aromatic amines is 1. The summed E-state index contributed by atoms with van der Waals surface area (Å²) in [5.74, 6) is 1.34. The minimum atomic E-state index is 0.668. The first-order valence-electron chi connectivity index (χ1n) is 7.85. The van der Waals surface area contributed by atoms with Gasteiger partial charge in [-0.1, -0.05) is 12.1 Å². The Morgan fingerprint density at radius 3 is 2.81 bits per heavy atom. The number of H-pyrrole nitrogens is 1. The minimum absolute atomic E-state index is 0.668. The van der Waals surface area contributed by atoms with Crippen LogP contribution < -0.4 is 5.32 Å². The number of aromatic nitrogens is 7. The van der Waals surface area contributed by atoms with E-state index in [-0.39, 0.29) is 0 Å². The molecule has 0 aliphatic heterocycles. The third-order valence-electron chi connectivity index (χ3n) is 3.80. The van der Waals surface area contributed by atoms with E-state index in [1.54, 1.807) is 34.7 Å². The minimum Gasteiger partial charge on any atom is -0.338 e. The van der Waals surface area contributed by atoms with E-state index in [0.29, 0.717) is 11.6 Å². The van der Waals surface area contributed by atoms with E-state index < -0.39 is 0 Å². The Balaban J connectivity index is 1.57. The number of hydrogen-bond donors (Lipinski definition) is 2. The SMILES string of the molecule is c1cc(Nc2nc(-c3cccs3)nc3cn[nH]c23)cc(-n2nccn2)c1. The van der Waals surface area contributed by atoms with Crippen molar-refractivity contribution in [1.82, 2.24) is 35.2 Å². The molecule has 1 aromatic carbocycles. The topological polar surface area (TPSA) is 97.2 Å². The Kier molecular flexibility index (Phi) is 3.42. The van der Waals surface area contributed by atoms with Gasteiger partial charge in [0.25, 0.3) is 0 Å².